The van der Waals surface area contributed by atoms with Gasteiger partial charge in [-0.3, -0.25) is 9.59 Å². The number of hydrogen-bond donors (Lipinski definition) is 2. The van der Waals surface area contributed by atoms with Gasteiger partial charge in [-0.1, -0.05) is 18.2 Å². The van der Waals surface area contributed by atoms with Gasteiger partial charge in [0, 0.05) is 31.2 Å². The van der Waals surface area contributed by atoms with Crippen molar-refractivity contribution in [3.8, 4) is 0 Å². The van der Waals surface area contributed by atoms with Gasteiger partial charge in [-0.05, 0) is 6.07 Å². The zero-order valence-corrected chi connectivity index (χ0v) is 12.4. The van der Waals surface area contributed by atoms with Gasteiger partial charge in [-0.15, -0.1) is 0 Å². The Morgan fingerprint density at radius 3 is 2.68 bits per heavy atom. The van der Waals surface area contributed by atoms with E-state index >= 15 is 0 Å². The molecule has 2 N–H and O–H groups in total. The molecule has 2 amide bonds. The van der Waals surface area contributed by atoms with Crippen LogP contribution in [0.1, 0.15) is 10.4 Å². The summed E-state index contributed by atoms with van der Waals surface area (Å²) in [6.07, 6.45) is 1.54. The zero-order valence-electron chi connectivity index (χ0n) is 12.4. The number of rotatable bonds is 5. The van der Waals surface area contributed by atoms with Gasteiger partial charge in [-0.25, -0.2) is 4.79 Å². The van der Waals surface area contributed by atoms with Crippen LogP contribution < -0.4 is 5.32 Å². The molecule has 0 aliphatic heterocycles. The molecular weight excluding hydrogens is 286 g/mol. The maximum Gasteiger partial charge on any atom is 0.340 e. The Hall–Kier alpha value is -2.83. The van der Waals surface area contributed by atoms with Crippen LogP contribution >= 0.6 is 0 Å². The van der Waals surface area contributed by atoms with E-state index in [1.807, 2.05) is 18.2 Å². The SMILES string of the molecule is CN(C)C(=O)CNC(=O)COC(=O)c1c[nH]c2ccccc12. The van der Waals surface area contributed by atoms with Crippen LogP contribution in [0.25, 0.3) is 10.9 Å². The standard InChI is InChI=1S/C15H17N3O4/c1-18(2)14(20)8-17-13(19)9-22-15(21)11-7-16-12-6-4-3-5-10(11)12/h3-7,16H,8-9H2,1-2H3,(H,17,19). The fraction of sp³-hybridized carbons (Fsp3) is 0.267. The second kappa shape index (κ2) is 6.75. The molecule has 0 fully saturated rings. The van der Waals surface area contributed by atoms with Gasteiger partial charge in [0.2, 0.25) is 5.91 Å². The van der Waals surface area contributed by atoms with Crippen molar-refractivity contribution in [2.75, 3.05) is 27.2 Å². The molecule has 0 aliphatic rings. The first-order valence-corrected chi connectivity index (χ1v) is 6.69. The number of aromatic nitrogens is 1. The summed E-state index contributed by atoms with van der Waals surface area (Å²) in [4.78, 5) is 39.1. The molecule has 2 rings (SSSR count). The second-order valence-electron chi connectivity index (χ2n) is 4.89. The average molecular weight is 303 g/mol. The summed E-state index contributed by atoms with van der Waals surface area (Å²) in [6, 6.07) is 7.29. The first kappa shape index (κ1) is 15.6. The fourth-order valence-corrected chi connectivity index (χ4v) is 1.83. The topological polar surface area (TPSA) is 91.5 Å². The lowest BCUT2D eigenvalue weighted by molar-refractivity contribution is -0.131. The van der Waals surface area contributed by atoms with E-state index in [0.717, 1.165) is 10.9 Å². The highest BCUT2D eigenvalue weighted by Crippen LogP contribution is 2.18. The summed E-state index contributed by atoms with van der Waals surface area (Å²) < 4.78 is 4.95. The largest absolute Gasteiger partial charge is 0.452 e. The number of benzene rings is 1. The zero-order chi connectivity index (χ0) is 16.1. The van der Waals surface area contributed by atoms with Gasteiger partial charge in [0.1, 0.15) is 0 Å². The molecule has 0 bridgehead atoms. The summed E-state index contributed by atoms with van der Waals surface area (Å²) in [5, 5.41) is 3.12. The van der Waals surface area contributed by atoms with Crippen LogP contribution in [0.4, 0.5) is 0 Å². The number of fused-ring (bicyclic) bond motifs is 1. The van der Waals surface area contributed by atoms with E-state index in [9.17, 15) is 14.4 Å². The van der Waals surface area contributed by atoms with Gasteiger partial charge in [0.05, 0.1) is 12.1 Å². The number of esters is 1. The van der Waals surface area contributed by atoms with Crippen molar-refractivity contribution in [3.63, 3.8) is 0 Å². The molecule has 2 aromatic rings. The van der Waals surface area contributed by atoms with Crippen LogP contribution in [0.15, 0.2) is 30.5 Å². The number of nitrogens with one attached hydrogen (secondary N) is 2. The van der Waals surface area contributed by atoms with Gasteiger partial charge >= 0.3 is 5.97 Å². The quantitative estimate of drug-likeness (QED) is 0.788. The fourth-order valence-electron chi connectivity index (χ4n) is 1.83. The molecule has 0 saturated heterocycles. The molecule has 0 aliphatic carbocycles. The number of hydrogen-bond acceptors (Lipinski definition) is 4. The van der Waals surface area contributed by atoms with Crippen molar-refractivity contribution in [2.24, 2.45) is 0 Å². The Kier molecular flexibility index (Phi) is 4.77. The first-order chi connectivity index (χ1) is 10.5. The number of aromatic amines is 1. The summed E-state index contributed by atoms with van der Waals surface area (Å²) in [5.74, 6) is -1.36. The van der Waals surface area contributed by atoms with Gasteiger partial charge in [0.15, 0.2) is 6.61 Å². The lowest BCUT2D eigenvalue weighted by Crippen LogP contribution is -2.38. The maximum absolute atomic E-state index is 12.0. The molecule has 7 heteroatoms. The Bertz CT molecular complexity index is 706. The van der Waals surface area contributed by atoms with Crippen LogP contribution in [0.5, 0.6) is 0 Å². The number of carbonyl (C=O) groups is 3. The van der Waals surface area contributed by atoms with Crippen molar-refractivity contribution in [1.29, 1.82) is 0 Å². The molecule has 22 heavy (non-hydrogen) atoms. The summed E-state index contributed by atoms with van der Waals surface area (Å²) in [7, 11) is 3.18. The van der Waals surface area contributed by atoms with Gasteiger partial charge < -0.3 is 19.9 Å². The number of H-pyrrole nitrogens is 1. The van der Waals surface area contributed by atoms with Gasteiger partial charge in [-0.2, -0.15) is 0 Å². The minimum Gasteiger partial charge on any atom is -0.452 e. The third kappa shape index (κ3) is 3.63. The minimum absolute atomic E-state index is 0.129. The second-order valence-corrected chi connectivity index (χ2v) is 4.89. The molecule has 0 unspecified atom stereocenters. The Balaban J connectivity index is 1.88. The van der Waals surface area contributed by atoms with E-state index in [2.05, 4.69) is 10.3 Å². The summed E-state index contributed by atoms with van der Waals surface area (Å²) in [5.41, 5.74) is 1.18. The highest BCUT2D eigenvalue weighted by Gasteiger charge is 2.15. The average Bonchev–Trinajstić information content (AvgIpc) is 2.94. The number of carbonyl (C=O) groups excluding carboxylic acids is 3. The lowest BCUT2D eigenvalue weighted by Gasteiger charge is -2.10. The molecule has 7 nitrogen and oxygen atoms in total. The first-order valence-electron chi connectivity index (χ1n) is 6.69. The molecule has 1 heterocycles. The summed E-state index contributed by atoms with van der Waals surface area (Å²) in [6.45, 7) is -0.560. The van der Waals surface area contributed by atoms with E-state index < -0.39 is 18.5 Å². The van der Waals surface area contributed by atoms with Crippen LogP contribution in [-0.4, -0.2) is 54.9 Å². The number of nitrogens with zero attached hydrogens (tertiary/aromatic N) is 1. The smallest absolute Gasteiger partial charge is 0.340 e. The van der Waals surface area contributed by atoms with Crippen LogP contribution in [0.2, 0.25) is 0 Å². The van der Waals surface area contributed by atoms with E-state index in [1.165, 1.54) is 4.90 Å². The lowest BCUT2D eigenvalue weighted by atomic mass is 10.2. The van der Waals surface area contributed by atoms with E-state index in [0.29, 0.717) is 5.56 Å². The van der Waals surface area contributed by atoms with Crippen LogP contribution in [0.3, 0.4) is 0 Å². The predicted molar refractivity (Wildman–Crippen MR) is 80.3 cm³/mol. The maximum atomic E-state index is 12.0. The molecular formula is C15H17N3O4. The molecule has 1 aromatic carbocycles. The number of amides is 2. The molecule has 116 valence electrons. The highest BCUT2D eigenvalue weighted by atomic mass is 16.5. The molecule has 1 aromatic heterocycles. The monoisotopic (exact) mass is 303 g/mol. The number of likely N-dealkylation sites (N-methyl/N-ethyl adjacent to an activating group) is 1. The third-order valence-electron chi connectivity index (χ3n) is 3.08. The molecule has 0 saturated carbocycles. The minimum atomic E-state index is -0.591. The van der Waals surface area contributed by atoms with Crippen LogP contribution in [-0.2, 0) is 14.3 Å². The Morgan fingerprint density at radius 2 is 1.95 bits per heavy atom. The van der Waals surface area contributed by atoms with E-state index in [4.69, 9.17) is 4.74 Å². The Morgan fingerprint density at radius 1 is 1.23 bits per heavy atom. The van der Waals surface area contributed by atoms with Crippen molar-refractivity contribution in [3.05, 3.63) is 36.0 Å². The van der Waals surface area contributed by atoms with Crippen LogP contribution in [0, 0.1) is 0 Å². The Labute approximate surface area is 127 Å². The predicted octanol–water partition coefficient (Wildman–Crippen LogP) is 0.529. The van der Waals surface area contributed by atoms with Crippen molar-refractivity contribution in [2.45, 2.75) is 0 Å². The normalized spacial score (nSPS) is 10.3. The van der Waals surface area contributed by atoms with Crippen molar-refractivity contribution in [1.82, 2.24) is 15.2 Å². The molecule has 0 spiro atoms. The third-order valence-corrected chi connectivity index (χ3v) is 3.08. The van der Waals surface area contributed by atoms with Crippen molar-refractivity contribution >= 4 is 28.7 Å². The van der Waals surface area contributed by atoms with E-state index in [1.54, 1.807) is 26.4 Å². The van der Waals surface area contributed by atoms with Crippen molar-refractivity contribution < 1.29 is 19.1 Å². The molecule has 0 atom stereocenters. The van der Waals surface area contributed by atoms with Gasteiger partial charge in [0.25, 0.3) is 5.91 Å². The highest BCUT2D eigenvalue weighted by molar-refractivity contribution is 6.04. The number of para-hydroxylation sites is 1. The number of ether oxygens (including phenoxy) is 1. The summed E-state index contributed by atoms with van der Waals surface area (Å²) >= 11 is 0. The van der Waals surface area contributed by atoms with E-state index in [-0.39, 0.29) is 12.5 Å². The molecule has 0 radical (unpaired) electrons.